The van der Waals surface area contributed by atoms with Crippen molar-refractivity contribution in [3.05, 3.63) is 24.3 Å². The van der Waals surface area contributed by atoms with Crippen molar-refractivity contribution in [2.75, 3.05) is 13.2 Å². The number of unbranched alkanes of at least 4 members (excludes halogenated alkanes) is 44. The maximum Gasteiger partial charge on any atom is 0.305 e. The second kappa shape index (κ2) is 57.9. The predicted octanol–water partition coefficient (Wildman–Crippen LogP) is 19.0. The van der Waals surface area contributed by atoms with E-state index >= 15 is 0 Å². The molecule has 0 aromatic carbocycles. The van der Waals surface area contributed by atoms with Crippen LogP contribution in [0.3, 0.4) is 0 Å². The highest BCUT2D eigenvalue weighted by atomic mass is 16.5. The van der Waals surface area contributed by atoms with Crippen LogP contribution in [0.1, 0.15) is 335 Å². The van der Waals surface area contributed by atoms with Crippen molar-refractivity contribution in [3.8, 4) is 0 Å². The Morgan fingerprint density at radius 3 is 1.04 bits per heavy atom. The fourth-order valence-corrected chi connectivity index (χ4v) is 9.51. The first-order valence-electron chi connectivity index (χ1n) is 30.6. The van der Waals surface area contributed by atoms with Gasteiger partial charge in [-0.1, -0.05) is 289 Å². The van der Waals surface area contributed by atoms with Crippen molar-refractivity contribution >= 4 is 11.9 Å². The van der Waals surface area contributed by atoms with Gasteiger partial charge in [0.25, 0.3) is 0 Å². The van der Waals surface area contributed by atoms with Gasteiger partial charge in [0.05, 0.1) is 25.4 Å². The molecule has 1 amide bonds. The van der Waals surface area contributed by atoms with E-state index < -0.39 is 12.1 Å². The molecule has 0 fully saturated rings. The van der Waals surface area contributed by atoms with Crippen LogP contribution >= 0.6 is 0 Å². The van der Waals surface area contributed by atoms with E-state index in [-0.39, 0.29) is 18.5 Å². The summed E-state index contributed by atoms with van der Waals surface area (Å²) in [6, 6.07) is -0.630. The number of nitrogens with one attached hydrogen (secondary N) is 1. The fraction of sp³-hybridized carbons (Fsp3) is 0.903. The number of allylic oxidation sites excluding steroid dienone is 3. The fourth-order valence-electron chi connectivity index (χ4n) is 9.51. The molecular weight excluding hydrogens is 839 g/mol. The largest absolute Gasteiger partial charge is 0.466 e. The van der Waals surface area contributed by atoms with Crippen LogP contribution in [0.5, 0.6) is 0 Å². The number of aliphatic hydroxyl groups excluding tert-OH is 2. The zero-order valence-electron chi connectivity index (χ0n) is 45.9. The van der Waals surface area contributed by atoms with Gasteiger partial charge in [-0.2, -0.15) is 0 Å². The van der Waals surface area contributed by atoms with Crippen LogP contribution in [-0.2, 0) is 14.3 Å². The van der Waals surface area contributed by atoms with Crippen LogP contribution in [0.2, 0.25) is 0 Å². The summed E-state index contributed by atoms with van der Waals surface area (Å²) in [5.74, 6) is -0.0601. The molecule has 0 aliphatic carbocycles. The maximum atomic E-state index is 12.4. The van der Waals surface area contributed by atoms with Gasteiger partial charge in [0.2, 0.25) is 5.91 Å². The van der Waals surface area contributed by atoms with Gasteiger partial charge in [-0.15, -0.1) is 0 Å². The monoisotopic (exact) mass is 958 g/mol. The summed E-state index contributed by atoms with van der Waals surface area (Å²) in [6.45, 7) is 4.90. The first-order chi connectivity index (χ1) is 33.5. The van der Waals surface area contributed by atoms with Gasteiger partial charge >= 0.3 is 5.97 Å². The zero-order valence-corrected chi connectivity index (χ0v) is 45.9. The molecule has 0 aromatic heterocycles. The van der Waals surface area contributed by atoms with E-state index in [0.29, 0.717) is 19.4 Å². The lowest BCUT2D eigenvalue weighted by Gasteiger charge is -2.20. The number of amides is 1. The van der Waals surface area contributed by atoms with Crippen LogP contribution in [-0.4, -0.2) is 47.4 Å². The SMILES string of the molecule is CCCCCCCCCC/C=C/C(O)C(CO)NC(=O)CCCCCCCCC/C=C\CCCCCCCCCCCCCCOC(=O)CCCCCCCCCCCCCCCCCCCC. The van der Waals surface area contributed by atoms with E-state index in [2.05, 4.69) is 31.3 Å². The first-order valence-corrected chi connectivity index (χ1v) is 30.6. The first kappa shape index (κ1) is 66.3. The number of hydrogen-bond acceptors (Lipinski definition) is 5. The Kier molecular flexibility index (Phi) is 56.5. The Hall–Kier alpha value is -1.66. The quantitative estimate of drug-likeness (QED) is 0.0321. The molecule has 0 aliphatic rings. The molecule has 0 heterocycles. The molecule has 6 nitrogen and oxygen atoms in total. The minimum atomic E-state index is -0.846. The summed E-state index contributed by atoms with van der Waals surface area (Å²) in [5, 5.41) is 23.0. The van der Waals surface area contributed by atoms with E-state index in [1.54, 1.807) is 6.08 Å². The molecule has 2 unspecified atom stereocenters. The van der Waals surface area contributed by atoms with E-state index in [0.717, 1.165) is 44.9 Å². The second-order valence-corrected chi connectivity index (χ2v) is 21.0. The third-order valence-electron chi connectivity index (χ3n) is 14.2. The molecule has 0 radical (unpaired) electrons. The average Bonchev–Trinajstić information content (AvgIpc) is 3.34. The van der Waals surface area contributed by atoms with Crippen LogP contribution in [0.25, 0.3) is 0 Å². The second-order valence-electron chi connectivity index (χ2n) is 21.0. The Morgan fingerprint density at radius 1 is 0.397 bits per heavy atom. The predicted molar refractivity (Wildman–Crippen MR) is 296 cm³/mol. The van der Waals surface area contributed by atoms with Crippen molar-refractivity contribution < 1.29 is 24.5 Å². The van der Waals surface area contributed by atoms with E-state index in [1.165, 1.54) is 263 Å². The molecule has 68 heavy (non-hydrogen) atoms. The van der Waals surface area contributed by atoms with Gasteiger partial charge in [0.15, 0.2) is 0 Å². The molecule has 2 atom stereocenters. The van der Waals surface area contributed by atoms with Crippen molar-refractivity contribution in [2.24, 2.45) is 0 Å². The molecule has 0 bridgehead atoms. The minimum Gasteiger partial charge on any atom is -0.466 e. The summed E-state index contributed by atoms with van der Waals surface area (Å²) < 4.78 is 5.50. The topological polar surface area (TPSA) is 95.9 Å². The van der Waals surface area contributed by atoms with E-state index in [1.807, 2.05) is 6.08 Å². The zero-order chi connectivity index (χ0) is 49.3. The average molecular weight is 959 g/mol. The van der Waals surface area contributed by atoms with Crippen molar-refractivity contribution in [1.29, 1.82) is 0 Å². The van der Waals surface area contributed by atoms with Crippen LogP contribution in [0.15, 0.2) is 24.3 Å². The van der Waals surface area contributed by atoms with Crippen molar-refractivity contribution in [1.82, 2.24) is 5.32 Å². The van der Waals surface area contributed by atoms with Gasteiger partial charge in [-0.05, 0) is 57.8 Å². The summed E-state index contributed by atoms with van der Waals surface area (Å²) in [6.07, 6.45) is 70.8. The standard InChI is InChI=1S/C62H119NO5/c1-3-5-7-9-11-13-15-16-17-18-27-30-33-36-40-44-48-52-56-62(67)68-57-53-49-45-41-37-34-31-28-25-23-21-19-20-22-24-26-29-32-35-39-43-47-51-55-61(66)63-59(58-64)60(65)54-50-46-42-38-14-12-10-8-6-4-2/h22,24,50,54,59-60,64-65H,3-21,23,25-49,51-53,55-58H2,1-2H3,(H,63,66)/b24-22-,54-50+. The Labute approximate surface area is 424 Å². The molecule has 6 heteroatoms. The number of aliphatic hydroxyl groups is 2. The summed E-state index contributed by atoms with van der Waals surface area (Å²) in [5.41, 5.74) is 0. The molecule has 0 aromatic rings. The van der Waals surface area contributed by atoms with Crippen LogP contribution in [0.4, 0.5) is 0 Å². The molecule has 3 N–H and O–H groups in total. The lowest BCUT2D eigenvalue weighted by Crippen LogP contribution is -2.45. The number of ether oxygens (including phenoxy) is 1. The lowest BCUT2D eigenvalue weighted by atomic mass is 10.0. The normalized spacial score (nSPS) is 12.7. The lowest BCUT2D eigenvalue weighted by molar-refractivity contribution is -0.143. The molecule has 0 aliphatic heterocycles. The van der Waals surface area contributed by atoms with Gasteiger partial charge < -0.3 is 20.3 Å². The third kappa shape index (κ3) is 53.7. The van der Waals surface area contributed by atoms with E-state index in [9.17, 15) is 19.8 Å². The molecule has 0 rings (SSSR count). The smallest absolute Gasteiger partial charge is 0.305 e. The highest BCUT2D eigenvalue weighted by Crippen LogP contribution is 2.17. The third-order valence-corrected chi connectivity index (χ3v) is 14.2. The molecule has 0 saturated heterocycles. The Balaban J connectivity index is 3.37. The summed E-state index contributed by atoms with van der Waals surface area (Å²) in [4.78, 5) is 24.5. The van der Waals surface area contributed by atoms with Crippen LogP contribution in [0, 0.1) is 0 Å². The van der Waals surface area contributed by atoms with Gasteiger partial charge in [-0.3, -0.25) is 9.59 Å². The highest BCUT2D eigenvalue weighted by molar-refractivity contribution is 5.76. The molecule has 0 spiro atoms. The van der Waals surface area contributed by atoms with Crippen LogP contribution < -0.4 is 5.32 Å². The molecular formula is C62H119NO5. The molecule has 402 valence electrons. The number of esters is 1. The number of rotatable bonds is 57. The molecule has 0 saturated carbocycles. The minimum absolute atomic E-state index is 0.0154. The highest BCUT2D eigenvalue weighted by Gasteiger charge is 2.18. The number of hydrogen-bond donors (Lipinski definition) is 3. The van der Waals surface area contributed by atoms with Crippen molar-refractivity contribution in [3.63, 3.8) is 0 Å². The summed E-state index contributed by atoms with van der Waals surface area (Å²) in [7, 11) is 0. The Bertz CT molecular complexity index is 1060. The van der Waals surface area contributed by atoms with Gasteiger partial charge in [0.1, 0.15) is 0 Å². The number of carbonyl (C=O) groups is 2. The van der Waals surface area contributed by atoms with Crippen molar-refractivity contribution in [2.45, 2.75) is 347 Å². The van der Waals surface area contributed by atoms with E-state index in [4.69, 9.17) is 4.74 Å². The van der Waals surface area contributed by atoms with Gasteiger partial charge in [-0.25, -0.2) is 0 Å². The summed E-state index contributed by atoms with van der Waals surface area (Å²) >= 11 is 0. The van der Waals surface area contributed by atoms with Gasteiger partial charge in [0, 0.05) is 12.8 Å². The maximum absolute atomic E-state index is 12.4. The Morgan fingerprint density at radius 2 is 0.691 bits per heavy atom. The number of carbonyl (C=O) groups excluding carboxylic acids is 2.